The highest BCUT2D eigenvalue weighted by atomic mass is 16.5. The number of rotatable bonds is 4. The number of hydrogen-bond acceptors (Lipinski definition) is 3. The van der Waals surface area contributed by atoms with Crippen LogP contribution >= 0.6 is 0 Å². The third-order valence-electron chi connectivity index (χ3n) is 5.35. The Kier molecular flexibility index (Phi) is 4.52. The average molecular weight is 392 g/mol. The number of carbonyl (C=O) groups excluding carboxylic acids is 1. The highest BCUT2D eigenvalue weighted by molar-refractivity contribution is 6.10. The van der Waals surface area contributed by atoms with Crippen LogP contribution in [-0.2, 0) is 4.74 Å². The van der Waals surface area contributed by atoms with E-state index in [0.717, 1.165) is 38.4 Å². The summed E-state index contributed by atoms with van der Waals surface area (Å²) in [5.41, 5.74) is 5.20. The fourth-order valence-corrected chi connectivity index (χ4v) is 4.02. The van der Waals surface area contributed by atoms with Gasteiger partial charge in [0.05, 0.1) is 17.9 Å². The van der Waals surface area contributed by atoms with Crippen LogP contribution in [0.5, 0.6) is 0 Å². The fourth-order valence-electron chi connectivity index (χ4n) is 4.02. The molecular formula is C26H20N2O2. The Balaban J connectivity index is 1.86. The number of ether oxygens (including phenoxy) is 1. The van der Waals surface area contributed by atoms with Gasteiger partial charge >= 0.3 is 5.97 Å². The number of para-hydroxylation sites is 1. The molecule has 146 valence electrons. The lowest BCUT2D eigenvalue weighted by molar-refractivity contribution is 0.0527. The lowest BCUT2D eigenvalue weighted by atomic mass is 9.90. The SMILES string of the molecule is CCOC(=O)c1cccnc1-c1c(-c2c[nH]c3ccccc23)ccc2ccccc12. The molecule has 0 fully saturated rings. The molecule has 0 spiro atoms. The van der Waals surface area contributed by atoms with Crippen molar-refractivity contribution in [2.45, 2.75) is 6.92 Å². The minimum absolute atomic E-state index is 0.317. The molecule has 2 heterocycles. The van der Waals surface area contributed by atoms with E-state index in [1.165, 1.54) is 0 Å². The second-order valence-corrected chi connectivity index (χ2v) is 7.08. The van der Waals surface area contributed by atoms with E-state index in [4.69, 9.17) is 4.74 Å². The summed E-state index contributed by atoms with van der Waals surface area (Å²) in [6.07, 6.45) is 3.74. The monoisotopic (exact) mass is 392 g/mol. The Morgan fingerprint density at radius 3 is 2.57 bits per heavy atom. The number of aromatic nitrogens is 2. The molecule has 0 saturated carbocycles. The van der Waals surface area contributed by atoms with Crippen molar-refractivity contribution in [1.82, 2.24) is 9.97 Å². The summed E-state index contributed by atoms with van der Waals surface area (Å²) in [6.45, 7) is 2.13. The van der Waals surface area contributed by atoms with E-state index >= 15 is 0 Å². The molecule has 1 N–H and O–H groups in total. The van der Waals surface area contributed by atoms with E-state index < -0.39 is 0 Å². The molecular weight excluding hydrogens is 372 g/mol. The highest BCUT2D eigenvalue weighted by Gasteiger charge is 2.21. The van der Waals surface area contributed by atoms with Crippen molar-refractivity contribution < 1.29 is 9.53 Å². The van der Waals surface area contributed by atoms with E-state index in [1.807, 2.05) is 37.4 Å². The molecule has 0 aliphatic carbocycles. The van der Waals surface area contributed by atoms with Crippen molar-refractivity contribution in [1.29, 1.82) is 0 Å². The quantitative estimate of drug-likeness (QED) is 0.369. The van der Waals surface area contributed by atoms with Gasteiger partial charge in [0, 0.05) is 34.4 Å². The van der Waals surface area contributed by atoms with Crippen LogP contribution in [0.2, 0.25) is 0 Å². The summed E-state index contributed by atoms with van der Waals surface area (Å²) in [7, 11) is 0. The Bertz CT molecular complexity index is 1380. The Morgan fingerprint density at radius 2 is 1.70 bits per heavy atom. The van der Waals surface area contributed by atoms with E-state index in [0.29, 0.717) is 17.9 Å². The number of esters is 1. The standard InChI is InChI=1S/C26H20N2O2/c1-2-30-26(29)21-11-7-15-27-25(21)24-18-9-4-3-8-17(18)13-14-20(24)22-16-28-23-12-6-5-10-19(22)23/h3-16,28H,2H2,1H3. The molecule has 4 nitrogen and oxygen atoms in total. The summed E-state index contributed by atoms with van der Waals surface area (Å²) in [6, 6.07) is 24.2. The molecule has 2 aromatic heterocycles. The Labute approximate surface area is 174 Å². The smallest absolute Gasteiger partial charge is 0.340 e. The van der Waals surface area contributed by atoms with E-state index in [1.54, 1.807) is 18.3 Å². The normalized spacial score (nSPS) is 11.1. The fraction of sp³-hybridized carbons (Fsp3) is 0.0769. The molecule has 3 aromatic carbocycles. The first-order chi connectivity index (χ1) is 14.8. The van der Waals surface area contributed by atoms with Crippen LogP contribution in [0.15, 0.2) is 85.2 Å². The van der Waals surface area contributed by atoms with Crippen LogP contribution in [0, 0.1) is 0 Å². The van der Waals surface area contributed by atoms with Crippen molar-refractivity contribution in [3.8, 4) is 22.4 Å². The molecule has 0 aliphatic rings. The molecule has 0 bridgehead atoms. The van der Waals surface area contributed by atoms with Gasteiger partial charge in [0.2, 0.25) is 0 Å². The van der Waals surface area contributed by atoms with Gasteiger partial charge in [0.1, 0.15) is 0 Å². The largest absolute Gasteiger partial charge is 0.462 e. The van der Waals surface area contributed by atoms with Crippen LogP contribution in [-0.4, -0.2) is 22.5 Å². The molecule has 0 atom stereocenters. The molecule has 0 unspecified atom stereocenters. The summed E-state index contributed by atoms with van der Waals surface area (Å²) < 4.78 is 5.32. The number of nitrogens with one attached hydrogen (secondary N) is 1. The molecule has 0 amide bonds. The zero-order chi connectivity index (χ0) is 20.5. The van der Waals surface area contributed by atoms with Gasteiger partial charge in [-0.05, 0) is 41.5 Å². The summed E-state index contributed by atoms with van der Waals surface area (Å²) >= 11 is 0. The first-order valence-corrected chi connectivity index (χ1v) is 9.98. The molecule has 0 saturated heterocycles. The van der Waals surface area contributed by atoms with Crippen LogP contribution in [0.4, 0.5) is 0 Å². The van der Waals surface area contributed by atoms with Gasteiger partial charge in [-0.15, -0.1) is 0 Å². The number of nitrogens with zero attached hydrogens (tertiary/aromatic N) is 1. The van der Waals surface area contributed by atoms with E-state index in [-0.39, 0.29) is 5.97 Å². The summed E-state index contributed by atoms with van der Waals surface area (Å²) in [4.78, 5) is 20.7. The second-order valence-electron chi connectivity index (χ2n) is 7.08. The lowest BCUT2D eigenvalue weighted by Gasteiger charge is -2.15. The molecule has 0 aliphatic heterocycles. The van der Waals surface area contributed by atoms with Gasteiger partial charge in [-0.2, -0.15) is 0 Å². The van der Waals surface area contributed by atoms with Crippen LogP contribution < -0.4 is 0 Å². The van der Waals surface area contributed by atoms with E-state index in [9.17, 15) is 4.79 Å². The third-order valence-corrected chi connectivity index (χ3v) is 5.35. The maximum absolute atomic E-state index is 12.7. The van der Waals surface area contributed by atoms with Gasteiger partial charge in [-0.25, -0.2) is 4.79 Å². The third kappa shape index (κ3) is 2.94. The number of hydrogen-bond donors (Lipinski definition) is 1. The number of aromatic amines is 1. The molecule has 30 heavy (non-hydrogen) atoms. The van der Waals surface area contributed by atoms with Crippen LogP contribution in [0.25, 0.3) is 44.1 Å². The molecule has 5 aromatic rings. The maximum atomic E-state index is 12.7. The van der Waals surface area contributed by atoms with E-state index in [2.05, 4.69) is 46.4 Å². The van der Waals surface area contributed by atoms with Gasteiger partial charge in [0.15, 0.2) is 0 Å². The van der Waals surface area contributed by atoms with Crippen LogP contribution in [0.3, 0.4) is 0 Å². The predicted octanol–water partition coefficient (Wildman–Crippen LogP) is 6.23. The first-order valence-electron chi connectivity index (χ1n) is 9.98. The number of benzene rings is 3. The van der Waals surface area contributed by atoms with Gasteiger partial charge in [0.25, 0.3) is 0 Å². The van der Waals surface area contributed by atoms with Crippen molar-refractivity contribution >= 4 is 27.6 Å². The van der Waals surface area contributed by atoms with Crippen molar-refractivity contribution in [2.75, 3.05) is 6.61 Å². The van der Waals surface area contributed by atoms with Crippen molar-refractivity contribution in [2.24, 2.45) is 0 Å². The maximum Gasteiger partial charge on any atom is 0.340 e. The lowest BCUT2D eigenvalue weighted by Crippen LogP contribution is -2.08. The topological polar surface area (TPSA) is 55.0 Å². The van der Waals surface area contributed by atoms with Gasteiger partial charge in [-0.3, -0.25) is 4.98 Å². The van der Waals surface area contributed by atoms with Gasteiger partial charge in [-0.1, -0.05) is 54.6 Å². The van der Waals surface area contributed by atoms with Gasteiger partial charge < -0.3 is 9.72 Å². The molecule has 4 heteroatoms. The highest BCUT2D eigenvalue weighted by Crippen LogP contribution is 2.41. The predicted molar refractivity (Wildman–Crippen MR) is 120 cm³/mol. The van der Waals surface area contributed by atoms with Crippen molar-refractivity contribution in [3.05, 3.63) is 90.8 Å². The number of fused-ring (bicyclic) bond motifs is 2. The zero-order valence-electron chi connectivity index (χ0n) is 16.6. The second kappa shape index (κ2) is 7.48. The summed E-state index contributed by atoms with van der Waals surface area (Å²) in [5, 5.41) is 3.27. The Hall–Kier alpha value is -3.92. The summed E-state index contributed by atoms with van der Waals surface area (Å²) in [5.74, 6) is -0.363. The van der Waals surface area contributed by atoms with Crippen molar-refractivity contribution in [3.63, 3.8) is 0 Å². The van der Waals surface area contributed by atoms with Crippen LogP contribution in [0.1, 0.15) is 17.3 Å². The zero-order valence-corrected chi connectivity index (χ0v) is 16.6. The number of carbonyl (C=O) groups is 1. The minimum Gasteiger partial charge on any atom is -0.462 e. The Morgan fingerprint density at radius 1 is 0.900 bits per heavy atom. The average Bonchev–Trinajstić information content (AvgIpc) is 3.22. The first kappa shape index (κ1) is 18.1. The minimum atomic E-state index is -0.363. The number of pyridine rings is 1. The molecule has 0 radical (unpaired) electrons. The number of H-pyrrole nitrogens is 1. The molecule has 5 rings (SSSR count).